The van der Waals surface area contributed by atoms with Crippen LogP contribution in [0.5, 0.6) is 5.88 Å². The molecule has 0 unspecified atom stereocenters. The molecule has 1 fully saturated rings. The van der Waals surface area contributed by atoms with Crippen LogP contribution in [-0.4, -0.2) is 48.2 Å². The topological polar surface area (TPSA) is 41.5 Å². The molecule has 0 radical (unpaired) electrons. The first-order valence-electron chi connectivity index (χ1n) is 9.16. The van der Waals surface area contributed by atoms with Gasteiger partial charge in [-0.2, -0.15) is 0 Å². The number of anilines is 1. The fraction of sp³-hybridized carbons (Fsp3) is 0.500. The molecule has 0 N–H and O–H groups in total. The summed E-state index contributed by atoms with van der Waals surface area (Å²) in [6.45, 7) is 7.67. The van der Waals surface area contributed by atoms with Gasteiger partial charge in [0.05, 0.1) is 7.11 Å². The van der Waals surface area contributed by atoms with Gasteiger partial charge in [-0.15, -0.1) is 0 Å². The summed E-state index contributed by atoms with van der Waals surface area (Å²) in [5.74, 6) is 1.60. The molecular formula is C20H26N4O. The van der Waals surface area contributed by atoms with E-state index >= 15 is 0 Å². The molecule has 132 valence electrons. The highest BCUT2D eigenvalue weighted by Crippen LogP contribution is 2.42. The molecule has 1 spiro atoms. The van der Waals surface area contributed by atoms with Gasteiger partial charge in [0, 0.05) is 37.7 Å². The quantitative estimate of drug-likeness (QED) is 0.861. The number of benzene rings is 1. The molecular weight excluding hydrogens is 312 g/mol. The third-order valence-electron chi connectivity index (χ3n) is 5.84. The average Bonchev–Trinajstić information content (AvgIpc) is 2.68. The van der Waals surface area contributed by atoms with Gasteiger partial charge in [-0.25, -0.2) is 9.97 Å². The summed E-state index contributed by atoms with van der Waals surface area (Å²) >= 11 is 0. The summed E-state index contributed by atoms with van der Waals surface area (Å²) in [5, 5.41) is 0. The Kier molecular flexibility index (Phi) is 4.34. The molecule has 0 amide bonds. The SMILES string of the molecule is CCN1Cc2ccccc2C2(CCN(c3cc(OC)ncn3)CC2)C1. The van der Waals surface area contributed by atoms with Crippen LogP contribution in [0.1, 0.15) is 30.9 Å². The van der Waals surface area contributed by atoms with Crippen LogP contribution in [0.25, 0.3) is 0 Å². The molecule has 0 bridgehead atoms. The molecule has 1 aromatic heterocycles. The maximum absolute atomic E-state index is 5.25. The zero-order valence-electron chi connectivity index (χ0n) is 15.1. The summed E-state index contributed by atoms with van der Waals surface area (Å²) < 4.78 is 5.25. The standard InChI is InChI=1S/C20H26N4O/c1-3-23-13-16-6-4-5-7-17(16)20(14-23)8-10-24(11-9-20)18-12-19(25-2)22-15-21-18/h4-7,12,15H,3,8-11,13-14H2,1-2H3. The van der Waals surface area contributed by atoms with E-state index in [2.05, 4.69) is 51.0 Å². The maximum Gasteiger partial charge on any atom is 0.218 e. The lowest BCUT2D eigenvalue weighted by atomic mass is 9.69. The Balaban J connectivity index is 1.58. The number of piperidine rings is 1. The Hall–Kier alpha value is -2.14. The van der Waals surface area contributed by atoms with E-state index in [0.717, 1.165) is 44.8 Å². The fourth-order valence-corrected chi connectivity index (χ4v) is 4.41. The van der Waals surface area contributed by atoms with Crippen LogP contribution in [-0.2, 0) is 12.0 Å². The van der Waals surface area contributed by atoms with E-state index in [1.54, 1.807) is 19.0 Å². The Labute approximate surface area is 149 Å². The minimum absolute atomic E-state index is 0.276. The number of nitrogens with zero attached hydrogens (tertiary/aromatic N) is 4. The molecule has 2 aromatic rings. The molecule has 1 saturated heterocycles. The first kappa shape index (κ1) is 16.3. The van der Waals surface area contributed by atoms with E-state index in [9.17, 15) is 0 Å². The monoisotopic (exact) mass is 338 g/mol. The molecule has 0 atom stereocenters. The predicted octanol–water partition coefficient (Wildman–Crippen LogP) is 2.86. The maximum atomic E-state index is 5.25. The second kappa shape index (κ2) is 6.64. The van der Waals surface area contributed by atoms with Crippen molar-refractivity contribution in [3.8, 4) is 5.88 Å². The summed E-state index contributed by atoms with van der Waals surface area (Å²) in [6.07, 6.45) is 3.91. The average molecular weight is 338 g/mol. The Bertz CT molecular complexity index is 740. The van der Waals surface area contributed by atoms with Gasteiger partial charge in [-0.1, -0.05) is 31.2 Å². The zero-order chi connectivity index (χ0) is 17.3. The van der Waals surface area contributed by atoms with Crippen molar-refractivity contribution in [2.45, 2.75) is 31.7 Å². The first-order valence-corrected chi connectivity index (χ1v) is 9.16. The van der Waals surface area contributed by atoms with Crippen LogP contribution in [0.4, 0.5) is 5.82 Å². The van der Waals surface area contributed by atoms with Crippen molar-refractivity contribution in [1.82, 2.24) is 14.9 Å². The smallest absolute Gasteiger partial charge is 0.218 e. The minimum Gasteiger partial charge on any atom is -0.481 e. The van der Waals surface area contributed by atoms with E-state index in [1.165, 1.54) is 12.1 Å². The summed E-state index contributed by atoms with van der Waals surface area (Å²) in [4.78, 5) is 13.5. The largest absolute Gasteiger partial charge is 0.481 e. The number of methoxy groups -OCH3 is 1. The van der Waals surface area contributed by atoms with Crippen LogP contribution in [0.3, 0.4) is 0 Å². The molecule has 2 aliphatic rings. The molecule has 0 aliphatic carbocycles. The minimum atomic E-state index is 0.276. The third-order valence-corrected chi connectivity index (χ3v) is 5.84. The van der Waals surface area contributed by atoms with Gasteiger partial charge < -0.3 is 9.64 Å². The zero-order valence-corrected chi connectivity index (χ0v) is 15.1. The number of likely N-dealkylation sites (N-methyl/N-ethyl adjacent to an activating group) is 1. The summed E-state index contributed by atoms with van der Waals surface area (Å²) in [6, 6.07) is 11.0. The van der Waals surface area contributed by atoms with E-state index in [4.69, 9.17) is 4.74 Å². The Morgan fingerprint density at radius 1 is 1.16 bits per heavy atom. The van der Waals surface area contributed by atoms with Crippen molar-refractivity contribution in [2.24, 2.45) is 0 Å². The van der Waals surface area contributed by atoms with Crippen molar-refractivity contribution in [3.63, 3.8) is 0 Å². The second-order valence-electron chi connectivity index (χ2n) is 7.15. The van der Waals surface area contributed by atoms with E-state index in [0.29, 0.717) is 5.88 Å². The summed E-state index contributed by atoms with van der Waals surface area (Å²) in [5.41, 5.74) is 3.35. The number of hydrogen-bond donors (Lipinski definition) is 0. The van der Waals surface area contributed by atoms with E-state index < -0.39 is 0 Å². The normalized spacial score (nSPS) is 19.7. The lowest BCUT2D eigenvalue weighted by Crippen LogP contribution is -2.52. The van der Waals surface area contributed by atoms with Gasteiger partial charge in [0.15, 0.2) is 0 Å². The molecule has 5 heteroatoms. The van der Waals surface area contributed by atoms with Crippen LogP contribution in [0, 0.1) is 0 Å². The molecule has 25 heavy (non-hydrogen) atoms. The lowest BCUT2D eigenvalue weighted by Gasteiger charge is -2.48. The van der Waals surface area contributed by atoms with Gasteiger partial charge in [-0.05, 0) is 30.5 Å². The van der Waals surface area contributed by atoms with Gasteiger partial charge in [0.2, 0.25) is 5.88 Å². The molecule has 3 heterocycles. The summed E-state index contributed by atoms with van der Waals surface area (Å²) in [7, 11) is 1.65. The van der Waals surface area contributed by atoms with Crippen LogP contribution < -0.4 is 9.64 Å². The Morgan fingerprint density at radius 3 is 2.72 bits per heavy atom. The van der Waals surface area contributed by atoms with Crippen LogP contribution in [0.2, 0.25) is 0 Å². The number of fused-ring (bicyclic) bond motifs is 2. The first-order chi connectivity index (χ1) is 12.2. The molecule has 5 nitrogen and oxygen atoms in total. The van der Waals surface area contributed by atoms with Crippen molar-refractivity contribution in [2.75, 3.05) is 38.2 Å². The van der Waals surface area contributed by atoms with Crippen molar-refractivity contribution in [1.29, 1.82) is 0 Å². The Morgan fingerprint density at radius 2 is 1.96 bits per heavy atom. The van der Waals surface area contributed by atoms with Gasteiger partial charge >= 0.3 is 0 Å². The van der Waals surface area contributed by atoms with Crippen LogP contribution >= 0.6 is 0 Å². The van der Waals surface area contributed by atoms with Crippen LogP contribution in [0.15, 0.2) is 36.7 Å². The molecule has 2 aliphatic heterocycles. The number of rotatable bonds is 3. The highest BCUT2D eigenvalue weighted by Gasteiger charge is 2.41. The fourth-order valence-electron chi connectivity index (χ4n) is 4.41. The van der Waals surface area contributed by atoms with Gasteiger partial charge in [0.25, 0.3) is 0 Å². The van der Waals surface area contributed by atoms with E-state index in [-0.39, 0.29) is 5.41 Å². The number of hydrogen-bond acceptors (Lipinski definition) is 5. The lowest BCUT2D eigenvalue weighted by molar-refractivity contribution is 0.159. The van der Waals surface area contributed by atoms with Gasteiger partial charge in [0.1, 0.15) is 12.1 Å². The second-order valence-corrected chi connectivity index (χ2v) is 7.15. The molecule has 4 rings (SSSR count). The highest BCUT2D eigenvalue weighted by atomic mass is 16.5. The number of aromatic nitrogens is 2. The van der Waals surface area contributed by atoms with Crippen molar-refractivity contribution >= 4 is 5.82 Å². The van der Waals surface area contributed by atoms with Crippen molar-refractivity contribution < 1.29 is 4.74 Å². The molecule has 1 aromatic carbocycles. The highest BCUT2D eigenvalue weighted by molar-refractivity contribution is 5.44. The molecule has 0 saturated carbocycles. The third kappa shape index (κ3) is 2.97. The van der Waals surface area contributed by atoms with E-state index in [1.807, 2.05) is 6.07 Å². The van der Waals surface area contributed by atoms with Gasteiger partial charge in [-0.3, -0.25) is 4.90 Å². The predicted molar refractivity (Wildman–Crippen MR) is 99.1 cm³/mol. The number of ether oxygens (including phenoxy) is 1. The van der Waals surface area contributed by atoms with Crippen molar-refractivity contribution in [3.05, 3.63) is 47.8 Å².